The molecule has 0 atom stereocenters. The summed E-state index contributed by atoms with van der Waals surface area (Å²) in [6.07, 6.45) is 1.19. The zero-order valence-corrected chi connectivity index (χ0v) is 8.30. The van der Waals surface area contributed by atoms with E-state index in [2.05, 4.69) is 4.99 Å². The zero-order valence-electron chi connectivity index (χ0n) is 8.30. The Hall–Kier alpha value is -1.97. The maximum absolute atomic E-state index is 11.0. The molecule has 1 aromatic carbocycles. The van der Waals surface area contributed by atoms with Crippen LogP contribution in [0.3, 0.4) is 0 Å². The Kier molecular flexibility index (Phi) is 3.74. The topological polar surface area (TPSA) is 66.7 Å². The maximum atomic E-state index is 11.0. The number of phenolic OH excluding ortho intramolecular Hbond substituents is 1. The van der Waals surface area contributed by atoms with Gasteiger partial charge in [-0.3, -0.25) is 9.59 Å². The van der Waals surface area contributed by atoms with Gasteiger partial charge in [0.25, 0.3) is 5.91 Å². The summed E-state index contributed by atoms with van der Waals surface area (Å²) in [6, 6.07) is 6.24. The molecule has 0 saturated carbocycles. The molecule has 0 unspecified atom stereocenters. The van der Waals surface area contributed by atoms with Crippen LogP contribution in [0.5, 0.6) is 5.75 Å². The second kappa shape index (κ2) is 5.05. The van der Waals surface area contributed by atoms with Crippen molar-refractivity contribution in [2.75, 3.05) is 0 Å². The van der Waals surface area contributed by atoms with E-state index in [1.54, 1.807) is 12.1 Å². The summed E-state index contributed by atoms with van der Waals surface area (Å²) < 4.78 is 0. The Balaban J connectivity index is 2.61. The van der Waals surface area contributed by atoms with Crippen LogP contribution in [0, 0.1) is 0 Å². The largest absolute Gasteiger partial charge is 0.508 e. The molecule has 0 spiro atoms. The van der Waals surface area contributed by atoms with Crippen LogP contribution in [-0.2, 0) is 9.59 Å². The molecule has 0 fully saturated rings. The molecule has 4 nitrogen and oxygen atoms in total. The number of phenols is 1. The Morgan fingerprint density at radius 1 is 1.33 bits per heavy atom. The number of carbonyl (C=O) groups is 2. The molecule has 1 rings (SSSR count). The minimum Gasteiger partial charge on any atom is -0.508 e. The van der Waals surface area contributed by atoms with Crippen molar-refractivity contribution >= 4 is 17.9 Å². The van der Waals surface area contributed by atoms with E-state index >= 15 is 0 Å². The summed E-state index contributed by atoms with van der Waals surface area (Å²) in [5.41, 5.74) is 0.699. The lowest BCUT2D eigenvalue weighted by Gasteiger charge is -1.93. The standard InChI is InChI=1S/C11H11NO3/c1-8(13)6-11(15)12-7-9-2-4-10(14)5-3-9/h2-5,7,14H,6H2,1H3. The lowest BCUT2D eigenvalue weighted by Crippen LogP contribution is -2.01. The van der Waals surface area contributed by atoms with Crippen molar-refractivity contribution in [3.05, 3.63) is 29.8 Å². The molecule has 0 saturated heterocycles. The highest BCUT2D eigenvalue weighted by atomic mass is 16.3. The van der Waals surface area contributed by atoms with Crippen molar-refractivity contribution in [3.63, 3.8) is 0 Å². The fourth-order valence-corrected chi connectivity index (χ4v) is 0.966. The number of carbonyl (C=O) groups excluding carboxylic acids is 2. The van der Waals surface area contributed by atoms with Gasteiger partial charge in [-0.25, -0.2) is 4.99 Å². The zero-order chi connectivity index (χ0) is 11.3. The highest BCUT2D eigenvalue weighted by Crippen LogP contribution is 2.07. The number of hydrogen-bond acceptors (Lipinski definition) is 3. The molecule has 4 heteroatoms. The van der Waals surface area contributed by atoms with Crippen LogP contribution < -0.4 is 0 Å². The Labute approximate surface area is 87.3 Å². The number of rotatable bonds is 3. The van der Waals surface area contributed by atoms with Gasteiger partial charge in [0.1, 0.15) is 11.5 Å². The molecule has 0 aliphatic heterocycles. The molecule has 0 aliphatic carbocycles. The third-order valence-corrected chi connectivity index (χ3v) is 1.65. The summed E-state index contributed by atoms with van der Waals surface area (Å²) in [5, 5.41) is 9.00. The molecule has 0 heterocycles. The molecule has 0 aliphatic rings. The first kappa shape index (κ1) is 11.1. The van der Waals surface area contributed by atoms with E-state index < -0.39 is 5.91 Å². The highest BCUT2D eigenvalue weighted by molar-refractivity contribution is 6.01. The van der Waals surface area contributed by atoms with Gasteiger partial charge in [-0.05, 0) is 36.8 Å². The molecular weight excluding hydrogens is 194 g/mol. The number of aliphatic imine (C=N–C) groups is 1. The average molecular weight is 205 g/mol. The van der Waals surface area contributed by atoms with E-state index in [4.69, 9.17) is 5.11 Å². The van der Waals surface area contributed by atoms with Crippen LogP contribution in [0.2, 0.25) is 0 Å². The van der Waals surface area contributed by atoms with Gasteiger partial charge in [0.2, 0.25) is 0 Å². The molecule has 1 N–H and O–H groups in total. The van der Waals surface area contributed by atoms with E-state index in [0.717, 1.165) is 0 Å². The SMILES string of the molecule is CC(=O)CC(=O)N=Cc1ccc(O)cc1. The van der Waals surface area contributed by atoms with Gasteiger partial charge in [0.15, 0.2) is 0 Å². The Morgan fingerprint density at radius 2 is 1.93 bits per heavy atom. The minimum absolute atomic E-state index is 0.155. The predicted molar refractivity (Wildman–Crippen MR) is 56.0 cm³/mol. The molecule has 1 aromatic rings. The number of amides is 1. The van der Waals surface area contributed by atoms with Crippen LogP contribution in [0.15, 0.2) is 29.3 Å². The molecule has 1 amide bonds. The van der Waals surface area contributed by atoms with Crippen molar-refractivity contribution in [2.24, 2.45) is 4.99 Å². The molecular formula is C11H11NO3. The van der Waals surface area contributed by atoms with Gasteiger partial charge in [-0.15, -0.1) is 0 Å². The third kappa shape index (κ3) is 4.17. The van der Waals surface area contributed by atoms with E-state index in [0.29, 0.717) is 5.56 Å². The average Bonchev–Trinajstić information content (AvgIpc) is 2.16. The fraction of sp³-hybridized carbons (Fsp3) is 0.182. The van der Waals surface area contributed by atoms with Gasteiger partial charge in [0, 0.05) is 6.21 Å². The van der Waals surface area contributed by atoms with Crippen LogP contribution in [0.4, 0.5) is 0 Å². The first-order valence-corrected chi connectivity index (χ1v) is 4.43. The van der Waals surface area contributed by atoms with E-state index in [-0.39, 0.29) is 18.0 Å². The fourth-order valence-electron chi connectivity index (χ4n) is 0.966. The van der Waals surface area contributed by atoms with Crippen LogP contribution in [-0.4, -0.2) is 23.0 Å². The summed E-state index contributed by atoms with van der Waals surface area (Å²) in [7, 11) is 0. The van der Waals surface area contributed by atoms with Crippen molar-refractivity contribution in [2.45, 2.75) is 13.3 Å². The maximum Gasteiger partial charge on any atom is 0.253 e. The van der Waals surface area contributed by atoms with E-state index in [9.17, 15) is 9.59 Å². The normalized spacial score (nSPS) is 10.5. The second-order valence-corrected chi connectivity index (χ2v) is 3.12. The van der Waals surface area contributed by atoms with Gasteiger partial charge in [-0.1, -0.05) is 0 Å². The Bertz CT molecular complexity index is 393. The number of ketones is 1. The van der Waals surface area contributed by atoms with Gasteiger partial charge < -0.3 is 5.11 Å². The minimum atomic E-state index is -0.462. The van der Waals surface area contributed by atoms with Crippen LogP contribution in [0.1, 0.15) is 18.9 Å². The molecule has 0 aromatic heterocycles. The lowest BCUT2D eigenvalue weighted by atomic mass is 10.2. The molecule has 15 heavy (non-hydrogen) atoms. The third-order valence-electron chi connectivity index (χ3n) is 1.65. The number of benzene rings is 1. The smallest absolute Gasteiger partial charge is 0.253 e. The number of Topliss-reactive ketones (excluding diaryl/α,β-unsaturated/α-hetero) is 1. The number of aromatic hydroxyl groups is 1. The first-order valence-electron chi connectivity index (χ1n) is 4.43. The molecule has 0 radical (unpaired) electrons. The van der Waals surface area contributed by atoms with Crippen molar-refractivity contribution in [3.8, 4) is 5.75 Å². The number of hydrogen-bond donors (Lipinski definition) is 1. The van der Waals surface area contributed by atoms with Gasteiger partial charge >= 0.3 is 0 Å². The quantitative estimate of drug-likeness (QED) is 0.597. The van der Waals surface area contributed by atoms with Crippen molar-refractivity contribution in [1.82, 2.24) is 0 Å². The first-order chi connectivity index (χ1) is 7.08. The van der Waals surface area contributed by atoms with Gasteiger partial charge in [0.05, 0.1) is 6.42 Å². The summed E-state index contributed by atoms with van der Waals surface area (Å²) >= 11 is 0. The summed E-state index contributed by atoms with van der Waals surface area (Å²) in [5.74, 6) is -0.513. The van der Waals surface area contributed by atoms with Crippen molar-refractivity contribution in [1.29, 1.82) is 0 Å². The predicted octanol–water partition coefficient (Wildman–Crippen LogP) is 1.32. The monoisotopic (exact) mass is 205 g/mol. The number of nitrogens with zero attached hydrogens (tertiary/aromatic N) is 1. The van der Waals surface area contributed by atoms with Gasteiger partial charge in [-0.2, -0.15) is 0 Å². The summed E-state index contributed by atoms with van der Waals surface area (Å²) in [6.45, 7) is 1.34. The lowest BCUT2D eigenvalue weighted by molar-refractivity contribution is -0.125. The summed E-state index contributed by atoms with van der Waals surface area (Å²) in [4.78, 5) is 25.2. The van der Waals surface area contributed by atoms with Crippen molar-refractivity contribution < 1.29 is 14.7 Å². The molecule has 0 bridgehead atoms. The van der Waals surface area contributed by atoms with E-state index in [1.807, 2.05) is 0 Å². The second-order valence-electron chi connectivity index (χ2n) is 3.12. The van der Waals surface area contributed by atoms with Crippen LogP contribution >= 0.6 is 0 Å². The Morgan fingerprint density at radius 3 is 2.47 bits per heavy atom. The van der Waals surface area contributed by atoms with E-state index in [1.165, 1.54) is 25.3 Å². The molecule has 78 valence electrons. The highest BCUT2D eigenvalue weighted by Gasteiger charge is 2.01. The van der Waals surface area contributed by atoms with Crippen LogP contribution in [0.25, 0.3) is 0 Å².